The molecule has 3 amide bonds. The highest BCUT2D eigenvalue weighted by molar-refractivity contribution is 5.98. The van der Waals surface area contributed by atoms with E-state index in [2.05, 4.69) is 0 Å². The molecule has 0 aromatic heterocycles. The van der Waals surface area contributed by atoms with Gasteiger partial charge in [-0.25, -0.2) is 0 Å². The Balaban J connectivity index is 2.16. The molecule has 0 aliphatic carbocycles. The fourth-order valence-electron chi connectivity index (χ4n) is 2.82. The number of carbonyl (C=O) groups is 3. The fourth-order valence-corrected chi connectivity index (χ4v) is 2.82. The van der Waals surface area contributed by atoms with Crippen molar-refractivity contribution in [1.82, 2.24) is 9.80 Å². The molecule has 1 fully saturated rings. The summed E-state index contributed by atoms with van der Waals surface area (Å²) in [5.74, 6) is -1.21. The van der Waals surface area contributed by atoms with Crippen molar-refractivity contribution in [3.63, 3.8) is 0 Å². The summed E-state index contributed by atoms with van der Waals surface area (Å²) in [5, 5.41) is 0. The van der Waals surface area contributed by atoms with Crippen LogP contribution in [0.2, 0.25) is 0 Å². The van der Waals surface area contributed by atoms with E-state index in [4.69, 9.17) is 0 Å². The second-order valence-corrected chi connectivity index (χ2v) is 6.01. The molecular formula is C17H20F3N3O3. The lowest BCUT2D eigenvalue weighted by molar-refractivity contribution is -0.138. The third-order valence-electron chi connectivity index (χ3n) is 4.25. The highest BCUT2D eigenvalue weighted by Gasteiger charge is 2.36. The number of nitrogens with zero attached hydrogens (tertiary/aromatic N) is 3. The van der Waals surface area contributed by atoms with E-state index < -0.39 is 30.1 Å². The molecule has 1 aromatic carbocycles. The minimum absolute atomic E-state index is 0.0958. The highest BCUT2D eigenvalue weighted by Crippen LogP contribution is 2.36. The number of hydrogen-bond donors (Lipinski definition) is 0. The third-order valence-corrected chi connectivity index (χ3v) is 4.25. The van der Waals surface area contributed by atoms with Gasteiger partial charge in [0.15, 0.2) is 0 Å². The van der Waals surface area contributed by atoms with E-state index in [1.54, 1.807) is 4.90 Å². The van der Waals surface area contributed by atoms with Crippen LogP contribution < -0.4 is 4.90 Å². The molecule has 0 saturated carbocycles. The molecular weight excluding hydrogens is 351 g/mol. The summed E-state index contributed by atoms with van der Waals surface area (Å²) in [4.78, 5) is 39.6. The van der Waals surface area contributed by atoms with Crippen molar-refractivity contribution in [2.45, 2.75) is 20.0 Å². The second kappa shape index (κ2) is 7.76. The number of hydrogen-bond acceptors (Lipinski definition) is 3. The molecule has 0 atom stereocenters. The van der Waals surface area contributed by atoms with Gasteiger partial charge >= 0.3 is 6.18 Å². The quantitative estimate of drug-likeness (QED) is 0.813. The summed E-state index contributed by atoms with van der Waals surface area (Å²) < 4.78 is 39.6. The van der Waals surface area contributed by atoms with Crippen LogP contribution in [0.25, 0.3) is 0 Å². The average molecular weight is 371 g/mol. The molecule has 1 saturated heterocycles. The number of halogens is 3. The maximum absolute atomic E-state index is 13.2. The average Bonchev–Trinajstić information content (AvgIpc) is 2.58. The molecule has 1 heterocycles. The highest BCUT2D eigenvalue weighted by atomic mass is 19.4. The Kier molecular flexibility index (Phi) is 5.89. The van der Waals surface area contributed by atoms with Crippen molar-refractivity contribution in [3.05, 3.63) is 29.8 Å². The van der Waals surface area contributed by atoms with E-state index in [9.17, 15) is 27.6 Å². The van der Waals surface area contributed by atoms with Crippen LogP contribution in [0.15, 0.2) is 24.3 Å². The maximum Gasteiger partial charge on any atom is 0.418 e. The van der Waals surface area contributed by atoms with Gasteiger partial charge in [-0.15, -0.1) is 0 Å². The standard InChI is InChI=1S/C17H20F3N3O3/c1-12(24)21-7-9-22(10-8-21)16(26)11-23(13(2)25)15-6-4-3-5-14(15)17(18,19)20/h3-6H,7-11H2,1-2H3. The van der Waals surface area contributed by atoms with Crippen LogP contribution in [-0.4, -0.2) is 60.2 Å². The van der Waals surface area contributed by atoms with Gasteiger partial charge in [0.25, 0.3) is 0 Å². The summed E-state index contributed by atoms with van der Waals surface area (Å²) in [6.07, 6.45) is -4.64. The number of carbonyl (C=O) groups excluding carboxylic acids is 3. The van der Waals surface area contributed by atoms with Crippen molar-refractivity contribution in [2.24, 2.45) is 0 Å². The summed E-state index contributed by atoms with van der Waals surface area (Å²) in [6.45, 7) is 3.36. The molecule has 1 aromatic rings. The van der Waals surface area contributed by atoms with E-state index >= 15 is 0 Å². The molecule has 0 unspecified atom stereocenters. The Morgan fingerprint density at radius 3 is 2.04 bits per heavy atom. The van der Waals surface area contributed by atoms with Gasteiger partial charge in [0.1, 0.15) is 6.54 Å². The SMILES string of the molecule is CC(=O)N1CCN(C(=O)CN(C(C)=O)c2ccccc2C(F)(F)F)CC1. The largest absolute Gasteiger partial charge is 0.418 e. The first-order chi connectivity index (χ1) is 12.1. The molecule has 142 valence electrons. The van der Waals surface area contributed by atoms with Crippen LogP contribution >= 0.6 is 0 Å². The zero-order valence-electron chi connectivity index (χ0n) is 14.5. The van der Waals surface area contributed by atoms with Crippen LogP contribution in [0.5, 0.6) is 0 Å². The van der Waals surface area contributed by atoms with Crippen LogP contribution in [0.3, 0.4) is 0 Å². The molecule has 2 rings (SSSR count). The van der Waals surface area contributed by atoms with Gasteiger partial charge in [-0.3, -0.25) is 14.4 Å². The van der Waals surface area contributed by atoms with Crippen molar-refractivity contribution in [1.29, 1.82) is 0 Å². The minimum Gasteiger partial charge on any atom is -0.339 e. The first-order valence-electron chi connectivity index (χ1n) is 8.09. The van der Waals surface area contributed by atoms with Gasteiger partial charge in [-0.1, -0.05) is 12.1 Å². The van der Waals surface area contributed by atoms with Crippen LogP contribution in [0.1, 0.15) is 19.4 Å². The van der Waals surface area contributed by atoms with Gasteiger partial charge in [0, 0.05) is 40.0 Å². The Morgan fingerprint density at radius 2 is 1.54 bits per heavy atom. The number of para-hydroxylation sites is 1. The molecule has 0 radical (unpaired) electrons. The summed E-state index contributed by atoms with van der Waals surface area (Å²) >= 11 is 0. The first kappa shape index (κ1) is 19.7. The number of benzene rings is 1. The van der Waals surface area contributed by atoms with E-state index in [0.717, 1.165) is 17.9 Å². The molecule has 1 aliphatic heterocycles. The van der Waals surface area contributed by atoms with Crippen molar-refractivity contribution < 1.29 is 27.6 Å². The number of amides is 3. The number of anilines is 1. The van der Waals surface area contributed by atoms with Crippen molar-refractivity contribution in [3.8, 4) is 0 Å². The summed E-state index contributed by atoms with van der Waals surface area (Å²) in [5.41, 5.74) is -1.31. The predicted molar refractivity (Wildman–Crippen MR) is 88.3 cm³/mol. The molecule has 6 nitrogen and oxygen atoms in total. The van der Waals surface area contributed by atoms with E-state index in [1.807, 2.05) is 0 Å². The lowest BCUT2D eigenvalue weighted by Crippen LogP contribution is -2.52. The zero-order chi connectivity index (χ0) is 19.5. The molecule has 9 heteroatoms. The molecule has 1 aliphatic rings. The van der Waals surface area contributed by atoms with E-state index in [1.165, 1.54) is 30.0 Å². The summed E-state index contributed by atoms with van der Waals surface area (Å²) in [6, 6.07) is 4.66. The Labute approximate surface area is 149 Å². The first-order valence-corrected chi connectivity index (χ1v) is 8.09. The Bertz CT molecular complexity index is 698. The predicted octanol–water partition coefficient (Wildman–Crippen LogP) is 1.75. The van der Waals surface area contributed by atoms with Gasteiger partial charge in [-0.2, -0.15) is 13.2 Å². The van der Waals surface area contributed by atoms with Gasteiger partial charge < -0.3 is 14.7 Å². The summed E-state index contributed by atoms with van der Waals surface area (Å²) in [7, 11) is 0. The molecule has 26 heavy (non-hydrogen) atoms. The van der Waals surface area contributed by atoms with Crippen LogP contribution in [0, 0.1) is 0 Å². The number of alkyl halides is 3. The smallest absolute Gasteiger partial charge is 0.339 e. The number of piperazine rings is 1. The topological polar surface area (TPSA) is 60.9 Å². The minimum atomic E-state index is -4.64. The second-order valence-electron chi connectivity index (χ2n) is 6.01. The fraction of sp³-hybridized carbons (Fsp3) is 0.471. The van der Waals surface area contributed by atoms with Crippen molar-refractivity contribution in [2.75, 3.05) is 37.6 Å². The van der Waals surface area contributed by atoms with Gasteiger partial charge in [-0.05, 0) is 12.1 Å². The maximum atomic E-state index is 13.2. The van der Waals surface area contributed by atoms with Crippen molar-refractivity contribution >= 4 is 23.4 Å². The van der Waals surface area contributed by atoms with Gasteiger partial charge in [0.2, 0.25) is 17.7 Å². The van der Waals surface area contributed by atoms with Gasteiger partial charge in [0.05, 0.1) is 11.3 Å². The van der Waals surface area contributed by atoms with Crippen LogP contribution in [0.4, 0.5) is 18.9 Å². The van der Waals surface area contributed by atoms with Crippen LogP contribution in [-0.2, 0) is 20.6 Å². The lowest BCUT2D eigenvalue weighted by atomic mass is 10.1. The Hall–Kier alpha value is -2.58. The molecule has 0 N–H and O–H groups in total. The normalized spacial score (nSPS) is 15.0. The zero-order valence-corrected chi connectivity index (χ0v) is 14.5. The monoisotopic (exact) mass is 371 g/mol. The molecule has 0 bridgehead atoms. The third kappa shape index (κ3) is 4.53. The Morgan fingerprint density at radius 1 is 1.00 bits per heavy atom. The van der Waals surface area contributed by atoms with E-state index in [-0.39, 0.29) is 24.7 Å². The molecule has 0 spiro atoms. The number of rotatable bonds is 3. The lowest BCUT2D eigenvalue weighted by Gasteiger charge is -2.35. The van der Waals surface area contributed by atoms with E-state index in [0.29, 0.717) is 13.1 Å².